The molecule has 16 heavy (non-hydrogen) atoms. The molecule has 0 aliphatic heterocycles. The van der Waals surface area contributed by atoms with Crippen molar-refractivity contribution in [3.8, 4) is 0 Å². The van der Waals surface area contributed by atoms with E-state index >= 15 is 0 Å². The lowest BCUT2D eigenvalue weighted by Crippen LogP contribution is -2.32. The van der Waals surface area contributed by atoms with Gasteiger partial charge in [0.05, 0.1) is 12.0 Å². The number of halogens is 3. The second-order valence-electron chi connectivity index (χ2n) is 4.65. The molecule has 0 unspecified atom stereocenters. The Morgan fingerprint density at radius 2 is 1.81 bits per heavy atom. The van der Waals surface area contributed by atoms with Crippen molar-refractivity contribution in [3.05, 3.63) is 0 Å². The lowest BCUT2D eigenvalue weighted by Gasteiger charge is -2.22. The summed E-state index contributed by atoms with van der Waals surface area (Å²) in [5.41, 5.74) is -0.876. The smallest absolute Gasteiger partial charge is 0.401 e. The summed E-state index contributed by atoms with van der Waals surface area (Å²) < 4.78 is 35.9. The third-order valence-electron chi connectivity index (χ3n) is 2.37. The van der Waals surface area contributed by atoms with Crippen molar-refractivity contribution in [1.29, 1.82) is 0 Å². The third-order valence-corrected chi connectivity index (χ3v) is 2.37. The van der Waals surface area contributed by atoms with Crippen molar-refractivity contribution in [3.63, 3.8) is 0 Å². The number of carbonyl (C=O) groups is 1. The molecule has 0 spiro atoms. The minimum atomic E-state index is -4.20. The summed E-state index contributed by atoms with van der Waals surface area (Å²) in [6.07, 6.45) is -3.40. The van der Waals surface area contributed by atoms with Crippen LogP contribution in [0.3, 0.4) is 0 Å². The van der Waals surface area contributed by atoms with Crippen LogP contribution in [0, 0.1) is 5.41 Å². The summed E-state index contributed by atoms with van der Waals surface area (Å²) in [5.74, 6) is -0.925. The van der Waals surface area contributed by atoms with Gasteiger partial charge in [0.1, 0.15) is 0 Å². The van der Waals surface area contributed by atoms with Crippen molar-refractivity contribution in [1.82, 2.24) is 4.90 Å². The number of aliphatic carboxylic acids is 1. The average molecular weight is 241 g/mol. The molecule has 0 bridgehead atoms. The van der Waals surface area contributed by atoms with Crippen LogP contribution in [0.2, 0.25) is 0 Å². The zero-order valence-corrected chi connectivity index (χ0v) is 9.76. The van der Waals surface area contributed by atoms with Crippen LogP contribution >= 0.6 is 0 Å². The molecular formula is C10H18F3NO2. The highest BCUT2D eigenvalue weighted by Gasteiger charge is 2.30. The maximum atomic E-state index is 12.0. The quantitative estimate of drug-likeness (QED) is 0.776. The number of hydrogen-bond donors (Lipinski definition) is 1. The first-order chi connectivity index (χ1) is 7.04. The molecule has 0 atom stereocenters. The largest absolute Gasteiger partial charge is 0.481 e. The first kappa shape index (κ1) is 15.2. The van der Waals surface area contributed by atoms with Gasteiger partial charge in [0.25, 0.3) is 0 Å². The first-order valence-corrected chi connectivity index (χ1v) is 5.03. The second kappa shape index (κ2) is 5.52. The normalized spacial score (nSPS) is 13.2. The molecule has 0 heterocycles. The van der Waals surface area contributed by atoms with E-state index in [1.165, 1.54) is 7.05 Å². The van der Waals surface area contributed by atoms with E-state index in [1.807, 2.05) is 0 Å². The molecular weight excluding hydrogens is 223 g/mol. The van der Waals surface area contributed by atoms with Crippen molar-refractivity contribution in [2.24, 2.45) is 5.41 Å². The fraction of sp³-hybridized carbons (Fsp3) is 0.900. The molecule has 3 nitrogen and oxygen atoms in total. The van der Waals surface area contributed by atoms with E-state index in [4.69, 9.17) is 5.11 Å². The molecule has 96 valence electrons. The van der Waals surface area contributed by atoms with E-state index in [9.17, 15) is 18.0 Å². The van der Waals surface area contributed by atoms with E-state index < -0.39 is 24.1 Å². The van der Waals surface area contributed by atoms with E-state index in [-0.39, 0.29) is 6.54 Å². The number of carboxylic acid groups (broad SMARTS) is 1. The van der Waals surface area contributed by atoms with Crippen LogP contribution in [0.15, 0.2) is 0 Å². The first-order valence-electron chi connectivity index (χ1n) is 5.03. The minimum Gasteiger partial charge on any atom is -0.481 e. The van der Waals surface area contributed by atoms with Gasteiger partial charge < -0.3 is 5.11 Å². The molecule has 1 N–H and O–H groups in total. The Balaban J connectivity index is 3.87. The summed E-state index contributed by atoms with van der Waals surface area (Å²) >= 11 is 0. The van der Waals surface area contributed by atoms with Gasteiger partial charge in [-0.15, -0.1) is 0 Å². The predicted molar refractivity (Wildman–Crippen MR) is 54.2 cm³/mol. The predicted octanol–water partition coefficient (Wildman–Crippen LogP) is 2.37. The fourth-order valence-electron chi connectivity index (χ4n) is 1.28. The lowest BCUT2D eigenvalue weighted by atomic mass is 9.88. The van der Waals surface area contributed by atoms with Gasteiger partial charge in [0, 0.05) is 0 Å². The van der Waals surface area contributed by atoms with Crippen LogP contribution in [0.5, 0.6) is 0 Å². The molecule has 0 aromatic carbocycles. The lowest BCUT2D eigenvalue weighted by molar-refractivity contribution is -0.148. The van der Waals surface area contributed by atoms with Crippen LogP contribution in [0.4, 0.5) is 13.2 Å². The molecule has 0 fully saturated rings. The summed E-state index contributed by atoms with van der Waals surface area (Å²) in [7, 11) is 1.38. The van der Waals surface area contributed by atoms with Crippen molar-refractivity contribution >= 4 is 5.97 Å². The molecule has 6 heteroatoms. The van der Waals surface area contributed by atoms with Crippen LogP contribution in [-0.2, 0) is 4.79 Å². The Hall–Kier alpha value is -0.780. The molecule has 0 amide bonds. The van der Waals surface area contributed by atoms with Gasteiger partial charge in [0.15, 0.2) is 0 Å². The Morgan fingerprint density at radius 3 is 2.19 bits per heavy atom. The average Bonchev–Trinajstić information content (AvgIpc) is 1.99. The number of alkyl halides is 3. The maximum absolute atomic E-state index is 12.0. The van der Waals surface area contributed by atoms with Crippen LogP contribution in [0.1, 0.15) is 26.7 Å². The van der Waals surface area contributed by atoms with E-state index in [0.717, 1.165) is 4.90 Å². The Bertz CT molecular complexity index is 239. The maximum Gasteiger partial charge on any atom is 0.401 e. The van der Waals surface area contributed by atoms with Crippen LogP contribution in [0.25, 0.3) is 0 Å². The standard InChI is InChI=1S/C10H18F3NO2/c1-9(2,8(15)16)5-4-6-14(3)7-10(11,12)13/h4-7H2,1-3H3,(H,15,16). The van der Waals surface area contributed by atoms with Gasteiger partial charge >= 0.3 is 12.1 Å². The van der Waals surface area contributed by atoms with Gasteiger partial charge in [-0.1, -0.05) is 0 Å². The van der Waals surface area contributed by atoms with Crippen molar-refractivity contribution in [2.45, 2.75) is 32.9 Å². The second-order valence-corrected chi connectivity index (χ2v) is 4.65. The highest BCUT2D eigenvalue weighted by molar-refractivity contribution is 5.73. The zero-order chi connectivity index (χ0) is 13.0. The zero-order valence-electron chi connectivity index (χ0n) is 9.76. The van der Waals surface area contributed by atoms with E-state index in [2.05, 4.69) is 0 Å². The molecule has 0 aliphatic carbocycles. The summed E-state index contributed by atoms with van der Waals surface area (Å²) in [5, 5.41) is 8.80. The minimum absolute atomic E-state index is 0.246. The fourth-order valence-corrected chi connectivity index (χ4v) is 1.28. The van der Waals surface area contributed by atoms with Gasteiger partial charge in [-0.05, 0) is 40.3 Å². The number of hydrogen-bond acceptors (Lipinski definition) is 2. The number of rotatable bonds is 6. The summed E-state index contributed by atoms with van der Waals surface area (Å²) in [4.78, 5) is 11.9. The highest BCUT2D eigenvalue weighted by Crippen LogP contribution is 2.23. The SMILES string of the molecule is CN(CCCC(C)(C)C(=O)O)CC(F)(F)F. The highest BCUT2D eigenvalue weighted by atomic mass is 19.4. The van der Waals surface area contributed by atoms with Crippen molar-refractivity contribution in [2.75, 3.05) is 20.1 Å². The van der Waals surface area contributed by atoms with E-state index in [1.54, 1.807) is 13.8 Å². The van der Waals surface area contributed by atoms with Gasteiger partial charge in [-0.3, -0.25) is 9.69 Å². The van der Waals surface area contributed by atoms with Gasteiger partial charge in [-0.2, -0.15) is 13.2 Å². The number of nitrogens with zero attached hydrogens (tertiary/aromatic N) is 1. The van der Waals surface area contributed by atoms with Gasteiger partial charge in [0.2, 0.25) is 0 Å². The van der Waals surface area contributed by atoms with Gasteiger partial charge in [-0.25, -0.2) is 0 Å². The van der Waals surface area contributed by atoms with Crippen molar-refractivity contribution < 1.29 is 23.1 Å². The topological polar surface area (TPSA) is 40.5 Å². The van der Waals surface area contributed by atoms with E-state index in [0.29, 0.717) is 12.8 Å². The Labute approximate surface area is 93.2 Å². The Morgan fingerprint density at radius 1 is 1.31 bits per heavy atom. The summed E-state index contributed by atoms with van der Waals surface area (Å²) in [6.45, 7) is 2.43. The third kappa shape index (κ3) is 6.66. The van der Waals surface area contributed by atoms with Crippen LogP contribution < -0.4 is 0 Å². The van der Waals surface area contributed by atoms with Crippen LogP contribution in [-0.4, -0.2) is 42.3 Å². The Kier molecular flexibility index (Phi) is 5.25. The molecule has 0 saturated carbocycles. The molecule has 0 radical (unpaired) electrons. The molecule has 0 aliphatic rings. The monoisotopic (exact) mass is 241 g/mol. The molecule has 0 aromatic rings. The molecule has 0 rings (SSSR count). The molecule has 0 saturated heterocycles. The molecule has 0 aromatic heterocycles. The number of carboxylic acids is 1. The summed E-state index contributed by atoms with van der Waals surface area (Å²) in [6, 6.07) is 0.